The van der Waals surface area contributed by atoms with Crippen LogP contribution < -0.4 is 10.1 Å². The number of anilines is 2. The second-order valence-corrected chi connectivity index (χ2v) is 3.80. The summed E-state index contributed by atoms with van der Waals surface area (Å²) in [6.07, 6.45) is 4.63. The molecule has 0 amide bonds. The minimum atomic E-state index is -0.451. The number of rotatable bonds is 3. The number of furan rings is 1. The number of carbonyl (C=O) groups excluding carboxylic acids is 1. The number of nitrogens with one attached hydrogen (secondary N) is 2. The van der Waals surface area contributed by atoms with Gasteiger partial charge in [0.1, 0.15) is 23.5 Å². The number of nitrogens with zero attached hydrogens (tertiary/aromatic N) is 2. The molecule has 0 aliphatic rings. The predicted molar refractivity (Wildman–Crippen MR) is 67.2 cm³/mol. The second kappa shape index (κ2) is 4.45. The van der Waals surface area contributed by atoms with Crippen molar-refractivity contribution in [2.75, 3.05) is 5.32 Å². The van der Waals surface area contributed by atoms with Gasteiger partial charge in [0, 0.05) is 19.2 Å². The highest BCUT2D eigenvalue weighted by Gasteiger charge is 2.12. The Balaban J connectivity index is 1.95. The molecule has 0 aromatic carbocycles. The summed E-state index contributed by atoms with van der Waals surface area (Å²) >= 11 is 0. The zero-order valence-electron chi connectivity index (χ0n) is 10.0. The zero-order chi connectivity index (χ0) is 13.2. The van der Waals surface area contributed by atoms with Crippen LogP contribution in [0.3, 0.4) is 0 Å². The van der Waals surface area contributed by atoms with Crippen molar-refractivity contribution in [1.82, 2.24) is 15.0 Å². The third kappa shape index (κ3) is 2.13. The van der Waals surface area contributed by atoms with E-state index in [0.29, 0.717) is 11.5 Å². The van der Waals surface area contributed by atoms with Crippen LogP contribution in [0.15, 0.2) is 35.3 Å². The topological polar surface area (TPSA) is 93.0 Å². The first kappa shape index (κ1) is 11.3. The molecule has 3 aromatic heterocycles. The van der Waals surface area contributed by atoms with Crippen LogP contribution in [-0.4, -0.2) is 20.9 Å². The standard InChI is InChI=1S/C12H10N4O3/c1-7(17)19-12-9(3-5-18-12)16-11-8-2-4-13-10(8)14-6-15-11/h2-6H,1H3,(H2,13,14,15,16). The maximum Gasteiger partial charge on any atom is 0.316 e. The number of H-pyrrole nitrogens is 1. The third-order valence-electron chi connectivity index (χ3n) is 2.47. The van der Waals surface area contributed by atoms with E-state index in [1.54, 1.807) is 12.3 Å². The number of hydrogen-bond donors (Lipinski definition) is 2. The highest BCUT2D eigenvalue weighted by atomic mass is 16.6. The van der Waals surface area contributed by atoms with E-state index in [9.17, 15) is 4.79 Å². The van der Waals surface area contributed by atoms with Crippen LogP contribution in [-0.2, 0) is 4.79 Å². The van der Waals surface area contributed by atoms with E-state index < -0.39 is 5.97 Å². The molecule has 7 nitrogen and oxygen atoms in total. The largest absolute Gasteiger partial charge is 0.432 e. The molecular formula is C12H10N4O3. The van der Waals surface area contributed by atoms with E-state index in [4.69, 9.17) is 9.15 Å². The summed E-state index contributed by atoms with van der Waals surface area (Å²) in [5.74, 6) is 0.253. The third-order valence-corrected chi connectivity index (χ3v) is 2.47. The van der Waals surface area contributed by atoms with Crippen LogP contribution in [0.5, 0.6) is 5.95 Å². The van der Waals surface area contributed by atoms with Crippen molar-refractivity contribution >= 4 is 28.5 Å². The lowest BCUT2D eigenvalue weighted by atomic mass is 10.3. The molecule has 3 rings (SSSR count). The molecule has 0 saturated heterocycles. The summed E-state index contributed by atoms with van der Waals surface area (Å²) in [5, 5.41) is 3.88. The van der Waals surface area contributed by atoms with Gasteiger partial charge in [-0.15, -0.1) is 0 Å². The van der Waals surface area contributed by atoms with Gasteiger partial charge in [-0.1, -0.05) is 0 Å². The average Bonchev–Trinajstić information content (AvgIpc) is 2.99. The molecule has 0 fully saturated rings. The van der Waals surface area contributed by atoms with E-state index in [1.165, 1.54) is 19.5 Å². The van der Waals surface area contributed by atoms with Crippen LogP contribution >= 0.6 is 0 Å². The van der Waals surface area contributed by atoms with Crippen LogP contribution in [0, 0.1) is 0 Å². The number of hydrogen-bond acceptors (Lipinski definition) is 6. The van der Waals surface area contributed by atoms with E-state index in [2.05, 4.69) is 20.3 Å². The second-order valence-electron chi connectivity index (χ2n) is 3.80. The van der Waals surface area contributed by atoms with Crippen molar-refractivity contribution in [2.45, 2.75) is 6.92 Å². The Morgan fingerprint density at radius 1 is 1.42 bits per heavy atom. The lowest BCUT2D eigenvalue weighted by Gasteiger charge is -2.05. The van der Waals surface area contributed by atoms with Gasteiger partial charge in [0.25, 0.3) is 0 Å². The molecule has 0 aliphatic heterocycles. The monoisotopic (exact) mass is 258 g/mol. The Labute approximate surface area is 107 Å². The zero-order valence-corrected chi connectivity index (χ0v) is 10.0. The molecule has 19 heavy (non-hydrogen) atoms. The molecule has 0 unspecified atom stereocenters. The fourth-order valence-electron chi connectivity index (χ4n) is 1.70. The summed E-state index contributed by atoms with van der Waals surface area (Å²) in [7, 11) is 0. The minimum absolute atomic E-state index is 0.106. The Hall–Kier alpha value is -2.83. The molecule has 2 N–H and O–H groups in total. The highest BCUT2D eigenvalue weighted by molar-refractivity contribution is 5.89. The van der Waals surface area contributed by atoms with Gasteiger partial charge in [0.2, 0.25) is 0 Å². The first-order valence-corrected chi connectivity index (χ1v) is 5.55. The average molecular weight is 258 g/mol. The Kier molecular flexibility index (Phi) is 2.64. The van der Waals surface area contributed by atoms with Crippen LogP contribution in [0.1, 0.15) is 6.92 Å². The Morgan fingerprint density at radius 3 is 3.16 bits per heavy atom. The molecule has 3 aromatic rings. The Morgan fingerprint density at radius 2 is 2.32 bits per heavy atom. The lowest BCUT2D eigenvalue weighted by Crippen LogP contribution is -2.03. The lowest BCUT2D eigenvalue weighted by molar-refractivity contribution is -0.133. The molecule has 0 atom stereocenters. The molecule has 96 valence electrons. The molecule has 0 bridgehead atoms. The van der Waals surface area contributed by atoms with Crippen molar-refractivity contribution in [1.29, 1.82) is 0 Å². The van der Waals surface area contributed by atoms with E-state index >= 15 is 0 Å². The molecule has 0 saturated carbocycles. The number of carbonyl (C=O) groups is 1. The summed E-state index contributed by atoms with van der Waals surface area (Å²) < 4.78 is 10.0. The van der Waals surface area contributed by atoms with Gasteiger partial charge >= 0.3 is 11.9 Å². The van der Waals surface area contributed by atoms with Gasteiger partial charge in [0.05, 0.1) is 11.6 Å². The normalized spacial score (nSPS) is 10.6. The van der Waals surface area contributed by atoms with Crippen LogP contribution in [0.25, 0.3) is 11.0 Å². The minimum Gasteiger partial charge on any atom is -0.432 e. The molecule has 0 spiro atoms. The fourth-order valence-corrected chi connectivity index (χ4v) is 1.70. The summed E-state index contributed by atoms with van der Waals surface area (Å²) in [6, 6.07) is 3.50. The predicted octanol–water partition coefficient (Wildman–Crippen LogP) is 2.22. The van der Waals surface area contributed by atoms with Crippen LogP contribution in [0.2, 0.25) is 0 Å². The first-order valence-electron chi connectivity index (χ1n) is 5.55. The van der Waals surface area contributed by atoms with Gasteiger partial charge < -0.3 is 19.5 Å². The summed E-state index contributed by atoms with van der Waals surface area (Å²) in [4.78, 5) is 22.2. The van der Waals surface area contributed by atoms with Crippen LogP contribution in [0.4, 0.5) is 11.5 Å². The van der Waals surface area contributed by atoms with Crippen molar-refractivity contribution in [3.63, 3.8) is 0 Å². The number of fused-ring (bicyclic) bond motifs is 1. The van der Waals surface area contributed by atoms with Crippen molar-refractivity contribution < 1.29 is 13.9 Å². The quantitative estimate of drug-likeness (QED) is 0.700. The van der Waals surface area contributed by atoms with Gasteiger partial charge in [-0.3, -0.25) is 4.79 Å². The van der Waals surface area contributed by atoms with Gasteiger partial charge in [-0.25, -0.2) is 9.97 Å². The van der Waals surface area contributed by atoms with E-state index in [-0.39, 0.29) is 5.95 Å². The maximum atomic E-state index is 10.9. The molecule has 0 aliphatic carbocycles. The number of aromatic amines is 1. The maximum absolute atomic E-state index is 10.9. The summed E-state index contributed by atoms with van der Waals surface area (Å²) in [5.41, 5.74) is 1.24. The number of esters is 1. The Bertz CT molecular complexity index is 731. The first-order chi connectivity index (χ1) is 9.24. The SMILES string of the molecule is CC(=O)Oc1occc1Nc1ncnc2[nH]ccc12. The molecule has 0 radical (unpaired) electrons. The molecule has 7 heteroatoms. The van der Waals surface area contributed by atoms with Gasteiger partial charge in [0.15, 0.2) is 0 Å². The highest BCUT2D eigenvalue weighted by Crippen LogP contribution is 2.30. The molecular weight excluding hydrogens is 248 g/mol. The van der Waals surface area contributed by atoms with Gasteiger partial charge in [-0.2, -0.15) is 0 Å². The smallest absolute Gasteiger partial charge is 0.316 e. The van der Waals surface area contributed by atoms with E-state index in [1.807, 2.05) is 6.07 Å². The number of ether oxygens (including phenoxy) is 1. The summed E-state index contributed by atoms with van der Waals surface area (Å²) in [6.45, 7) is 1.31. The molecule has 3 heterocycles. The number of aromatic nitrogens is 3. The van der Waals surface area contributed by atoms with Gasteiger partial charge in [-0.05, 0) is 6.07 Å². The van der Waals surface area contributed by atoms with Crippen molar-refractivity contribution in [3.8, 4) is 5.95 Å². The van der Waals surface area contributed by atoms with Crippen molar-refractivity contribution in [2.24, 2.45) is 0 Å². The van der Waals surface area contributed by atoms with E-state index in [0.717, 1.165) is 11.0 Å². The fraction of sp³-hybridized carbons (Fsp3) is 0.0833. The van der Waals surface area contributed by atoms with Crippen molar-refractivity contribution in [3.05, 3.63) is 30.9 Å².